The van der Waals surface area contributed by atoms with Crippen LogP contribution in [0.15, 0.2) is 18.2 Å². The Labute approximate surface area is 115 Å². The van der Waals surface area contributed by atoms with E-state index in [9.17, 15) is 9.90 Å². The van der Waals surface area contributed by atoms with Crippen LogP contribution in [0, 0.1) is 13.8 Å². The van der Waals surface area contributed by atoms with Crippen molar-refractivity contribution < 1.29 is 14.6 Å². The lowest BCUT2D eigenvalue weighted by atomic mass is 10.1. The van der Waals surface area contributed by atoms with Crippen LogP contribution >= 0.6 is 11.3 Å². The van der Waals surface area contributed by atoms with Gasteiger partial charge in [0.1, 0.15) is 10.6 Å². The monoisotopic (exact) mass is 277 g/mol. The van der Waals surface area contributed by atoms with Crippen LogP contribution in [0.25, 0.3) is 11.3 Å². The highest BCUT2D eigenvalue weighted by molar-refractivity contribution is 7.14. The first-order valence-electron chi connectivity index (χ1n) is 5.97. The van der Waals surface area contributed by atoms with E-state index in [1.54, 1.807) is 0 Å². The third-order valence-corrected chi connectivity index (χ3v) is 3.64. The number of aromatic carboxylic acids is 1. The van der Waals surface area contributed by atoms with E-state index in [1.165, 1.54) is 11.3 Å². The maximum absolute atomic E-state index is 11.2. The van der Waals surface area contributed by atoms with Crippen molar-refractivity contribution in [1.29, 1.82) is 0 Å². The average molecular weight is 277 g/mol. The number of carboxylic acid groups (broad SMARTS) is 1. The summed E-state index contributed by atoms with van der Waals surface area (Å²) in [5, 5.41) is 9.94. The van der Waals surface area contributed by atoms with Crippen LogP contribution < -0.4 is 4.74 Å². The minimum Gasteiger partial charge on any atom is -0.494 e. The maximum Gasteiger partial charge on any atom is 0.348 e. The minimum atomic E-state index is -0.938. The van der Waals surface area contributed by atoms with Crippen LogP contribution in [-0.2, 0) is 0 Å². The van der Waals surface area contributed by atoms with Crippen molar-refractivity contribution in [3.8, 4) is 17.0 Å². The first-order valence-corrected chi connectivity index (χ1v) is 6.79. The van der Waals surface area contributed by atoms with E-state index in [1.807, 2.05) is 39.0 Å². The first-order chi connectivity index (χ1) is 9.02. The molecule has 5 heteroatoms. The zero-order valence-corrected chi connectivity index (χ0v) is 11.9. The summed E-state index contributed by atoms with van der Waals surface area (Å²) in [6.07, 6.45) is 0. The molecule has 1 aromatic carbocycles. The number of carbonyl (C=O) groups is 1. The van der Waals surface area contributed by atoms with Crippen molar-refractivity contribution >= 4 is 17.3 Å². The fourth-order valence-corrected chi connectivity index (χ4v) is 2.66. The van der Waals surface area contributed by atoms with Gasteiger partial charge in [0.2, 0.25) is 0 Å². The molecule has 0 aliphatic rings. The normalized spacial score (nSPS) is 10.5. The fraction of sp³-hybridized carbons (Fsp3) is 0.286. The lowest BCUT2D eigenvalue weighted by Crippen LogP contribution is -1.97. The quantitative estimate of drug-likeness (QED) is 0.928. The molecule has 19 heavy (non-hydrogen) atoms. The smallest absolute Gasteiger partial charge is 0.348 e. The van der Waals surface area contributed by atoms with Crippen LogP contribution in [0.2, 0.25) is 0 Å². The van der Waals surface area contributed by atoms with Crippen LogP contribution in [-0.4, -0.2) is 22.7 Å². The second-order valence-corrected chi connectivity index (χ2v) is 5.33. The number of rotatable bonds is 4. The van der Waals surface area contributed by atoms with Crippen LogP contribution in [0.3, 0.4) is 0 Å². The van der Waals surface area contributed by atoms with Crippen molar-refractivity contribution in [3.63, 3.8) is 0 Å². The van der Waals surface area contributed by atoms with Crippen LogP contribution in [0.4, 0.5) is 0 Å². The number of carboxylic acids is 1. The Morgan fingerprint density at radius 1 is 1.42 bits per heavy atom. The zero-order valence-electron chi connectivity index (χ0n) is 11.1. The molecule has 0 saturated carbocycles. The third-order valence-electron chi connectivity index (χ3n) is 2.68. The van der Waals surface area contributed by atoms with Crippen molar-refractivity contribution in [2.45, 2.75) is 20.8 Å². The second kappa shape index (κ2) is 5.40. The lowest BCUT2D eigenvalue weighted by Gasteiger charge is -2.08. The highest BCUT2D eigenvalue weighted by Crippen LogP contribution is 2.31. The molecule has 2 rings (SSSR count). The Morgan fingerprint density at radius 2 is 2.16 bits per heavy atom. The van der Waals surface area contributed by atoms with Gasteiger partial charge in [0.15, 0.2) is 0 Å². The zero-order chi connectivity index (χ0) is 14.0. The van der Waals surface area contributed by atoms with Gasteiger partial charge < -0.3 is 9.84 Å². The van der Waals surface area contributed by atoms with Gasteiger partial charge in [-0.15, -0.1) is 11.3 Å². The number of aromatic nitrogens is 1. The molecule has 0 radical (unpaired) electrons. The Morgan fingerprint density at radius 3 is 2.74 bits per heavy atom. The molecule has 0 saturated heterocycles. The largest absolute Gasteiger partial charge is 0.494 e. The first kappa shape index (κ1) is 13.5. The van der Waals surface area contributed by atoms with Gasteiger partial charge in [-0.2, -0.15) is 0 Å². The van der Waals surface area contributed by atoms with Crippen molar-refractivity contribution in [1.82, 2.24) is 4.98 Å². The van der Waals surface area contributed by atoms with Gasteiger partial charge in [0.25, 0.3) is 0 Å². The Hall–Kier alpha value is -1.88. The highest BCUT2D eigenvalue weighted by atomic mass is 32.1. The fourth-order valence-electron chi connectivity index (χ4n) is 1.88. The van der Waals surface area contributed by atoms with Gasteiger partial charge in [0.05, 0.1) is 17.3 Å². The number of hydrogen-bond acceptors (Lipinski definition) is 4. The Bertz CT molecular complexity index is 619. The second-order valence-electron chi connectivity index (χ2n) is 4.13. The third kappa shape index (κ3) is 2.76. The number of thiazole rings is 1. The van der Waals surface area contributed by atoms with Gasteiger partial charge in [-0.3, -0.25) is 0 Å². The molecule has 1 N–H and O–H groups in total. The summed E-state index contributed by atoms with van der Waals surface area (Å²) in [5.41, 5.74) is 2.31. The molecule has 1 heterocycles. The Kier molecular flexibility index (Phi) is 3.85. The number of hydrogen-bond donors (Lipinski definition) is 1. The predicted molar refractivity (Wildman–Crippen MR) is 75.2 cm³/mol. The van der Waals surface area contributed by atoms with E-state index in [0.29, 0.717) is 12.3 Å². The van der Waals surface area contributed by atoms with Crippen LogP contribution in [0.1, 0.15) is 27.2 Å². The molecule has 0 bridgehead atoms. The molecule has 0 aliphatic carbocycles. The Balaban J connectivity index is 2.48. The summed E-state index contributed by atoms with van der Waals surface area (Å²) in [4.78, 5) is 15.8. The molecular weight excluding hydrogens is 262 g/mol. The molecule has 0 fully saturated rings. The SMILES string of the molecule is CCOc1ccc(-c2nc(C)sc2C(=O)O)cc1C. The number of benzene rings is 1. The van der Waals surface area contributed by atoms with Crippen LogP contribution in [0.5, 0.6) is 5.75 Å². The van der Waals surface area contributed by atoms with Crippen molar-refractivity contribution in [2.24, 2.45) is 0 Å². The average Bonchev–Trinajstić information content (AvgIpc) is 2.74. The molecule has 100 valence electrons. The molecule has 0 amide bonds. The van der Waals surface area contributed by atoms with Gasteiger partial charge >= 0.3 is 5.97 Å². The molecule has 0 atom stereocenters. The van der Waals surface area contributed by atoms with Crippen molar-refractivity contribution in [2.75, 3.05) is 6.61 Å². The van der Waals surface area contributed by atoms with E-state index >= 15 is 0 Å². The van der Waals surface area contributed by atoms with E-state index in [-0.39, 0.29) is 4.88 Å². The summed E-state index contributed by atoms with van der Waals surface area (Å²) in [6.45, 7) is 6.28. The minimum absolute atomic E-state index is 0.279. The van der Waals surface area contributed by atoms with Gasteiger partial charge in [0, 0.05) is 5.56 Å². The number of nitrogens with zero attached hydrogens (tertiary/aromatic N) is 1. The molecular formula is C14H15NO3S. The molecule has 0 aliphatic heterocycles. The van der Waals surface area contributed by atoms with E-state index in [4.69, 9.17) is 4.74 Å². The van der Waals surface area contributed by atoms with Gasteiger partial charge in [-0.1, -0.05) is 0 Å². The van der Waals surface area contributed by atoms with Gasteiger partial charge in [-0.25, -0.2) is 9.78 Å². The standard InChI is InChI=1S/C14H15NO3S/c1-4-18-11-6-5-10(7-8(11)2)12-13(14(16)17)19-9(3)15-12/h5-7H,4H2,1-3H3,(H,16,17). The van der Waals surface area contributed by atoms with E-state index in [2.05, 4.69) is 4.98 Å². The molecule has 2 aromatic rings. The molecule has 0 spiro atoms. The lowest BCUT2D eigenvalue weighted by molar-refractivity contribution is 0.0702. The summed E-state index contributed by atoms with van der Waals surface area (Å²) in [6, 6.07) is 5.61. The molecule has 4 nitrogen and oxygen atoms in total. The highest BCUT2D eigenvalue weighted by Gasteiger charge is 2.17. The topological polar surface area (TPSA) is 59.4 Å². The molecule has 0 unspecified atom stereocenters. The van der Waals surface area contributed by atoms with Crippen molar-refractivity contribution in [3.05, 3.63) is 33.6 Å². The molecule has 1 aromatic heterocycles. The summed E-state index contributed by atoms with van der Waals surface area (Å²) >= 11 is 1.20. The number of ether oxygens (including phenoxy) is 1. The summed E-state index contributed by atoms with van der Waals surface area (Å²) < 4.78 is 5.48. The number of aryl methyl sites for hydroxylation is 2. The van der Waals surface area contributed by atoms with Gasteiger partial charge in [-0.05, 0) is 44.5 Å². The van der Waals surface area contributed by atoms with E-state index in [0.717, 1.165) is 21.9 Å². The van der Waals surface area contributed by atoms with E-state index < -0.39 is 5.97 Å². The summed E-state index contributed by atoms with van der Waals surface area (Å²) in [5.74, 6) is -0.123. The summed E-state index contributed by atoms with van der Waals surface area (Å²) in [7, 11) is 0. The predicted octanol–water partition coefficient (Wildman–Crippen LogP) is 3.52. The maximum atomic E-state index is 11.2.